The molecule has 0 radical (unpaired) electrons. The van der Waals surface area contributed by atoms with Crippen LogP contribution in [0.5, 0.6) is 5.75 Å². The molecule has 0 amide bonds. The van der Waals surface area contributed by atoms with Gasteiger partial charge in [-0.2, -0.15) is 0 Å². The van der Waals surface area contributed by atoms with Gasteiger partial charge in [-0.05, 0) is 34.5 Å². The van der Waals surface area contributed by atoms with E-state index in [0.717, 1.165) is 33.2 Å². The first-order chi connectivity index (χ1) is 15.5. The van der Waals surface area contributed by atoms with E-state index in [2.05, 4.69) is 23.5 Å². The lowest BCUT2D eigenvalue weighted by Crippen LogP contribution is -2.80. The van der Waals surface area contributed by atoms with E-state index in [9.17, 15) is 9.90 Å². The molecule has 2 N–H and O–H groups in total. The van der Waals surface area contributed by atoms with Crippen molar-refractivity contribution in [1.82, 2.24) is 0 Å². The van der Waals surface area contributed by atoms with E-state index in [4.69, 9.17) is 27.9 Å². The van der Waals surface area contributed by atoms with E-state index < -0.39 is 5.97 Å². The molecule has 0 saturated heterocycles. The van der Waals surface area contributed by atoms with Gasteiger partial charge >= 0.3 is 0 Å². The molecule has 0 aliphatic heterocycles. The Morgan fingerprint density at radius 3 is 2.44 bits per heavy atom. The highest BCUT2D eigenvalue weighted by Crippen LogP contribution is 2.29. The normalized spacial score (nSPS) is 10.9. The summed E-state index contributed by atoms with van der Waals surface area (Å²) < 4.78 is 6.18. The van der Waals surface area contributed by atoms with Crippen molar-refractivity contribution < 1.29 is 20.0 Å². The maximum absolute atomic E-state index is 10.9. The predicted octanol–water partition coefficient (Wildman–Crippen LogP) is 4.35. The molecule has 4 aromatic carbocycles. The Labute approximate surface area is 196 Å². The van der Waals surface area contributed by atoms with Crippen molar-refractivity contribution in [3.05, 3.63) is 111 Å². The molecule has 6 heteroatoms. The number of benzene rings is 4. The minimum absolute atomic E-state index is 0.180. The molecule has 0 aromatic heterocycles. The summed E-state index contributed by atoms with van der Waals surface area (Å²) in [6, 6.07) is 24.4. The number of fused-ring (bicyclic) bond motifs is 1. The lowest BCUT2D eigenvalue weighted by atomic mass is 10.0. The van der Waals surface area contributed by atoms with Gasteiger partial charge in [0, 0.05) is 21.2 Å². The first kappa shape index (κ1) is 22.2. The number of halogens is 2. The number of carbonyl (C=O) groups excluding carboxylic acids is 1. The van der Waals surface area contributed by atoms with Crippen LogP contribution in [0.25, 0.3) is 10.8 Å². The molecule has 0 aliphatic rings. The zero-order chi connectivity index (χ0) is 22.5. The third kappa shape index (κ3) is 5.22. The van der Waals surface area contributed by atoms with Gasteiger partial charge in [0.25, 0.3) is 0 Å². The molecule has 0 bridgehead atoms. The summed E-state index contributed by atoms with van der Waals surface area (Å²) in [5.41, 5.74) is 3.18. The number of carboxylic acids is 1. The Hall–Kier alpha value is -3.05. The Kier molecular flexibility index (Phi) is 6.96. The van der Waals surface area contributed by atoms with E-state index in [1.807, 2.05) is 36.4 Å². The van der Waals surface area contributed by atoms with Crippen LogP contribution in [-0.4, -0.2) is 5.97 Å². The van der Waals surface area contributed by atoms with Crippen molar-refractivity contribution in [1.29, 1.82) is 0 Å². The maximum atomic E-state index is 10.9. The quantitative estimate of drug-likeness (QED) is 0.420. The fraction of sp³-hybridized carbons (Fsp3) is 0.115. The van der Waals surface area contributed by atoms with Crippen molar-refractivity contribution in [2.24, 2.45) is 0 Å². The van der Waals surface area contributed by atoms with Gasteiger partial charge in [0.15, 0.2) is 0 Å². The highest BCUT2D eigenvalue weighted by atomic mass is 35.5. The van der Waals surface area contributed by atoms with Gasteiger partial charge in [0.2, 0.25) is 0 Å². The van der Waals surface area contributed by atoms with Crippen LogP contribution in [0.4, 0.5) is 0 Å². The van der Waals surface area contributed by atoms with Crippen molar-refractivity contribution in [2.75, 3.05) is 0 Å². The smallest absolute Gasteiger partial charge is 0.129 e. The molecule has 4 nitrogen and oxygen atoms in total. The molecule has 0 heterocycles. The number of hydrogen-bond donors (Lipinski definition) is 1. The lowest BCUT2D eigenvalue weighted by Gasteiger charge is -2.14. The van der Waals surface area contributed by atoms with E-state index in [1.165, 1.54) is 0 Å². The predicted molar refractivity (Wildman–Crippen MR) is 125 cm³/mol. The average Bonchev–Trinajstić information content (AvgIpc) is 2.79. The fourth-order valence-corrected chi connectivity index (χ4v) is 4.08. The summed E-state index contributed by atoms with van der Waals surface area (Å²) >= 11 is 12.3. The van der Waals surface area contributed by atoms with Crippen LogP contribution in [0, 0.1) is 0 Å². The topological polar surface area (TPSA) is 66.0 Å². The summed E-state index contributed by atoms with van der Waals surface area (Å²) in [4.78, 5) is 10.9. The zero-order valence-electron chi connectivity index (χ0n) is 17.2. The van der Waals surface area contributed by atoms with Crippen LogP contribution >= 0.6 is 23.2 Å². The Balaban J connectivity index is 1.52. The van der Waals surface area contributed by atoms with Crippen LogP contribution < -0.4 is 15.2 Å². The van der Waals surface area contributed by atoms with E-state index in [1.54, 1.807) is 24.3 Å². The minimum Gasteiger partial charge on any atom is -0.545 e. The number of carbonyl (C=O) groups is 1. The van der Waals surface area contributed by atoms with Gasteiger partial charge in [-0.1, -0.05) is 83.9 Å². The van der Waals surface area contributed by atoms with Crippen LogP contribution in [0.15, 0.2) is 78.9 Å². The van der Waals surface area contributed by atoms with Gasteiger partial charge in [0.1, 0.15) is 25.4 Å². The SMILES string of the molecule is O=C([O-])c1ccc(C[NH2+]Cc2c(OCc3ccc(Cl)cc3Cl)ccc3ccccc23)cc1. The molecule has 4 rings (SSSR count). The molecule has 0 atom stereocenters. The molecular formula is C26H21Cl2NO3. The number of quaternary nitrogens is 1. The van der Waals surface area contributed by atoms with Gasteiger partial charge in [-0.3, -0.25) is 0 Å². The van der Waals surface area contributed by atoms with Crippen LogP contribution in [0.1, 0.15) is 27.0 Å². The molecule has 0 aliphatic carbocycles. The van der Waals surface area contributed by atoms with Crippen molar-refractivity contribution >= 4 is 39.9 Å². The number of carboxylic acid groups (broad SMARTS) is 1. The third-order valence-electron chi connectivity index (χ3n) is 5.31. The Morgan fingerprint density at radius 1 is 0.906 bits per heavy atom. The third-order valence-corrected chi connectivity index (χ3v) is 5.90. The molecule has 0 saturated carbocycles. The number of aromatic carboxylic acids is 1. The minimum atomic E-state index is -1.17. The maximum Gasteiger partial charge on any atom is 0.129 e. The number of ether oxygens (including phenoxy) is 1. The molecule has 4 aromatic rings. The second-order valence-corrected chi connectivity index (χ2v) is 8.31. The van der Waals surface area contributed by atoms with E-state index in [-0.39, 0.29) is 5.56 Å². The van der Waals surface area contributed by atoms with Crippen molar-refractivity contribution in [3.8, 4) is 5.75 Å². The second kappa shape index (κ2) is 10.0. The summed E-state index contributed by atoms with van der Waals surface area (Å²) in [7, 11) is 0. The Morgan fingerprint density at radius 2 is 1.69 bits per heavy atom. The largest absolute Gasteiger partial charge is 0.545 e. The highest BCUT2D eigenvalue weighted by molar-refractivity contribution is 6.35. The number of hydrogen-bond acceptors (Lipinski definition) is 3. The van der Waals surface area contributed by atoms with Gasteiger partial charge in [-0.15, -0.1) is 0 Å². The number of rotatable bonds is 8. The Bertz CT molecular complexity index is 1260. The van der Waals surface area contributed by atoms with Crippen LogP contribution in [0.3, 0.4) is 0 Å². The summed E-state index contributed by atoms with van der Waals surface area (Å²) in [6.07, 6.45) is 0. The summed E-state index contributed by atoms with van der Waals surface area (Å²) in [6.45, 7) is 1.75. The standard InChI is InChI=1S/C26H21Cl2NO3/c27-21-11-9-20(24(28)13-21)16-32-25-12-10-18-3-1-2-4-22(18)23(25)15-29-14-17-5-7-19(8-6-17)26(30)31/h1-13,29H,14-16H2,(H,30,31). The first-order valence-electron chi connectivity index (χ1n) is 10.2. The summed E-state index contributed by atoms with van der Waals surface area (Å²) in [5, 5.41) is 16.5. The number of nitrogens with two attached hydrogens (primary N) is 1. The lowest BCUT2D eigenvalue weighted by molar-refractivity contribution is -0.686. The van der Waals surface area contributed by atoms with Crippen molar-refractivity contribution in [3.63, 3.8) is 0 Å². The molecule has 0 fully saturated rings. The van der Waals surface area contributed by atoms with E-state index in [0.29, 0.717) is 29.7 Å². The fourth-order valence-electron chi connectivity index (χ4n) is 3.62. The first-order valence-corrected chi connectivity index (χ1v) is 11.0. The van der Waals surface area contributed by atoms with Crippen LogP contribution in [0.2, 0.25) is 10.0 Å². The van der Waals surface area contributed by atoms with Crippen molar-refractivity contribution in [2.45, 2.75) is 19.7 Å². The second-order valence-electron chi connectivity index (χ2n) is 7.47. The van der Waals surface area contributed by atoms with Gasteiger partial charge < -0.3 is 20.0 Å². The molecule has 0 unspecified atom stereocenters. The molecule has 32 heavy (non-hydrogen) atoms. The van der Waals surface area contributed by atoms with Crippen LogP contribution in [-0.2, 0) is 19.7 Å². The molecule has 0 spiro atoms. The average molecular weight is 466 g/mol. The highest BCUT2D eigenvalue weighted by Gasteiger charge is 2.12. The summed E-state index contributed by atoms with van der Waals surface area (Å²) in [5.74, 6) is -0.364. The zero-order valence-corrected chi connectivity index (χ0v) is 18.7. The van der Waals surface area contributed by atoms with Gasteiger partial charge in [0.05, 0.1) is 11.5 Å². The monoisotopic (exact) mass is 465 g/mol. The van der Waals surface area contributed by atoms with Gasteiger partial charge in [-0.25, -0.2) is 0 Å². The molecule has 162 valence electrons. The van der Waals surface area contributed by atoms with E-state index >= 15 is 0 Å². The molecular weight excluding hydrogens is 445 g/mol.